The van der Waals surface area contributed by atoms with Gasteiger partial charge < -0.3 is 15.4 Å². The van der Waals surface area contributed by atoms with Gasteiger partial charge in [0.15, 0.2) is 0 Å². The molecule has 1 aromatic heterocycles. The molecule has 9 heteroatoms. The van der Waals surface area contributed by atoms with E-state index in [0.29, 0.717) is 43.2 Å². The molecule has 2 aliphatic heterocycles. The zero-order chi connectivity index (χ0) is 19.5. The van der Waals surface area contributed by atoms with Crippen molar-refractivity contribution >= 4 is 23.5 Å². The highest BCUT2D eigenvalue weighted by molar-refractivity contribution is 6.30. The topological polar surface area (TPSA) is 83.3 Å². The zero-order valence-corrected chi connectivity index (χ0v) is 16.3. The Labute approximate surface area is 168 Å². The molecule has 2 aliphatic rings. The fraction of sp³-hybridized carbons (Fsp3) is 0.474. The molecule has 2 aromatic rings. The minimum absolute atomic E-state index is 0.195. The molecule has 28 heavy (non-hydrogen) atoms. The number of morpholine rings is 1. The highest BCUT2D eigenvalue weighted by Crippen LogP contribution is 2.27. The predicted octanol–water partition coefficient (Wildman–Crippen LogP) is 2.76. The summed E-state index contributed by atoms with van der Waals surface area (Å²) in [6, 6.07) is 8.43. The van der Waals surface area contributed by atoms with E-state index in [-0.39, 0.29) is 6.04 Å². The van der Waals surface area contributed by atoms with E-state index in [1.54, 1.807) is 0 Å². The average molecular weight is 407 g/mol. The van der Waals surface area contributed by atoms with Gasteiger partial charge in [-0.3, -0.25) is 4.90 Å². The molecule has 0 bridgehead atoms. The van der Waals surface area contributed by atoms with Crippen LogP contribution in [0, 0.1) is 0 Å². The molecule has 4 rings (SSSR count). The number of ether oxygens (including phenoxy) is 1. The molecule has 0 unspecified atom stereocenters. The monoisotopic (exact) mass is 406 g/mol. The molecule has 0 spiro atoms. The van der Waals surface area contributed by atoms with Crippen LogP contribution in [0.4, 0.5) is 16.3 Å². The average Bonchev–Trinajstić information content (AvgIpc) is 3.16. The third kappa shape index (κ3) is 4.23. The maximum atomic E-state index is 13.1. The lowest BCUT2D eigenvalue weighted by Crippen LogP contribution is -2.54. The first kappa shape index (κ1) is 19.0. The van der Waals surface area contributed by atoms with Crippen LogP contribution in [0.25, 0.3) is 0 Å². The Bertz CT molecular complexity index is 818. The van der Waals surface area contributed by atoms with Gasteiger partial charge in [0, 0.05) is 30.2 Å². The van der Waals surface area contributed by atoms with Gasteiger partial charge in [-0.2, -0.15) is 4.98 Å². The highest BCUT2D eigenvalue weighted by atomic mass is 35.5. The fourth-order valence-electron chi connectivity index (χ4n) is 4.02. The van der Waals surface area contributed by atoms with Crippen LogP contribution in [0.1, 0.15) is 18.4 Å². The number of H-pyrrole nitrogens is 1. The number of rotatable bonds is 4. The van der Waals surface area contributed by atoms with Crippen molar-refractivity contribution < 1.29 is 9.13 Å². The molecule has 0 amide bonds. The third-order valence-electron chi connectivity index (χ3n) is 5.48. The molecule has 3 N–H and O–H groups in total. The Morgan fingerprint density at radius 1 is 1.29 bits per heavy atom. The number of anilines is 2. The summed E-state index contributed by atoms with van der Waals surface area (Å²) in [7, 11) is 0. The molecule has 0 saturated carbocycles. The Kier molecular flexibility index (Phi) is 5.68. The molecular weight excluding hydrogens is 383 g/mol. The Morgan fingerprint density at radius 2 is 2.04 bits per heavy atom. The summed E-state index contributed by atoms with van der Waals surface area (Å²) in [6.45, 7) is 2.65. The summed E-state index contributed by atoms with van der Waals surface area (Å²) in [5, 5.41) is 7.55. The fourth-order valence-corrected chi connectivity index (χ4v) is 4.15. The number of hydrogen-bond donors (Lipinski definition) is 2. The van der Waals surface area contributed by atoms with Gasteiger partial charge in [0.1, 0.15) is 18.7 Å². The molecule has 2 fully saturated rings. The third-order valence-corrected chi connectivity index (χ3v) is 5.73. The quantitative estimate of drug-likeness (QED) is 0.812. The molecule has 150 valence electrons. The first-order valence-corrected chi connectivity index (χ1v) is 9.85. The van der Waals surface area contributed by atoms with E-state index in [0.717, 1.165) is 37.4 Å². The van der Waals surface area contributed by atoms with E-state index < -0.39 is 0 Å². The van der Waals surface area contributed by atoms with Crippen molar-refractivity contribution in [3.05, 3.63) is 46.9 Å². The van der Waals surface area contributed by atoms with Crippen LogP contribution in [-0.2, 0) is 11.2 Å². The van der Waals surface area contributed by atoms with E-state index in [1.807, 2.05) is 24.3 Å². The second-order valence-corrected chi connectivity index (χ2v) is 7.72. The summed E-state index contributed by atoms with van der Waals surface area (Å²) in [6.07, 6.45) is 3.32. The largest absolute Gasteiger partial charge is 0.493 e. The van der Waals surface area contributed by atoms with Crippen LogP contribution in [0.2, 0.25) is 5.02 Å². The number of benzene rings is 1. The van der Waals surface area contributed by atoms with Gasteiger partial charge in [-0.1, -0.05) is 23.7 Å². The van der Waals surface area contributed by atoms with Crippen molar-refractivity contribution in [2.75, 3.05) is 36.9 Å². The van der Waals surface area contributed by atoms with Gasteiger partial charge in [0.2, 0.25) is 11.9 Å². The number of nitrogen functional groups attached to an aromatic ring is 1. The lowest BCUT2D eigenvalue weighted by molar-refractivity contribution is 0.00481. The van der Waals surface area contributed by atoms with E-state index >= 15 is 0 Å². The lowest BCUT2D eigenvalue weighted by Gasteiger charge is -2.44. The molecule has 2 saturated heterocycles. The van der Waals surface area contributed by atoms with E-state index in [2.05, 4.69) is 25.0 Å². The number of halogens is 2. The zero-order valence-electron chi connectivity index (χ0n) is 15.5. The van der Waals surface area contributed by atoms with Gasteiger partial charge in [0.05, 0.1) is 6.54 Å². The van der Waals surface area contributed by atoms with Gasteiger partial charge in [-0.15, -0.1) is 5.10 Å². The van der Waals surface area contributed by atoms with Crippen LogP contribution in [0.5, 0.6) is 0 Å². The Hall–Kier alpha value is -2.32. The SMILES string of the molecule is Nc1nc(N2CCC(N3C/C(=C\F)OC[C@@H]3Cc3ccc(Cl)cc3)CC2)n[nH]1. The van der Waals surface area contributed by atoms with Crippen LogP contribution >= 0.6 is 11.6 Å². The Morgan fingerprint density at radius 3 is 2.68 bits per heavy atom. The molecule has 0 radical (unpaired) electrons. The van der Waals surface area contributed by atoms with Crippen LogP contribution in [-0.4, -0.2) is 58.4 Å². The van der Waals surface area contributed by atoms with Crippen LogP contribution < -0.4 is 10.6 Å². The first-order chi connectivity index (χ1) is 13.6. The van der Waals surface area contributed by atoms with Gasteiger partial charge in [-0.25, -0.2) is 9.49 Å². The second-order valence-electron chi connectivity index (χ2n) is 7.28. The minimum atomic E-state index is 0.195. The number of hydrogen-bond acceptors (Lipinski definition) is 6. The standard InChI is InChI=1S/C19H24ClFN6O/c20-14-3-1-13(2-4-14)9-16-12-28-17(10-21)11-27(16)15-5-7-26(8-6-15)19-23-18(22)24-25-19/h1-4,10,15-16H,5-9,11-12H2,(H3,22,23,24,25)/b17-10+/t16-/m0/s1. The summed E-state index contributed by atoms with van der Waals surface area (Å²) in [4.78, 5) is 8.72. The van der Waals surface area contributed by atoms with Gasteiger partial charge >= 0.3 is 0 Å². The van der Waals surface area contributed by atoms with E-state index in [1.165, 1.54) is 5.56 Å². The number of nitrogens with zero attached hydrogens (tertiary/aromatic N) is 4. The van der Waals surface area contributed by atoms with E-state index in [9.17, 15) is 4.39 Å². The summed E-state index contributed by atoms with van der Waals surface area (Å²) < 4.78 is 18.8. The molecule has 0 aliphatic carbocycles. The lowest BCUT2D eigenvalue weighted by atomic mass is 9.97. The highest BCUT2D eigenvalue weighted by Gasteiger charge is 2.34. The normalized spacial score (nSPS) is 23.1. The van der Waals surface area contributed by atoms with Crippen LogP contribution in [0.3, 0.4) is 0 Å². The van der Waals surface area contributed by atoms with E-state index in [4.69, 9.17) is 22.1 Å². The Balaban J connectivity index is 1.43. The number of aromatic nitrogens is 3. The van der Waals surface area contributed by atoms with Gasteiger partial charge in [0.25, 0.3) is 0 Å². The van der Waals surface area contributed by atoms with Crippen molar-refractivity contribution in [3.63, 3.8) is 0 Å². The maximum Gasteiger partial charge on any atom is 0.246 e. The number of nitrogens with one attached hydrogen (secondary N) is 1. The number of nitrogens with two attached hydrogens (primary N) is 1. The molecule has 7 nitrogen and oxygen atoms in total. The molecule has 1 aromatic carbocycles. The van der Waals surface area contributed by atoms with Crippen molar-refractivity contribution in [3.8, 4) is 0 Å². The minimum Gasteiger partial charge on any atom is -0.493 e. The smallest absolute Gasteiger partial charge is 0.246 e. The summed E-state index contributed by atoms with van der Waals surface area (Å²) >= 11 is 6.00. The van der Waals surface area contributed by atoms with Crippen molar-refractivity contribution in [1.29, 1.82) is 0 Å². The summed E-state index contributed by atoms with van der Waals surface area (Å²) in [5.41, 5.74) is 6.83. The second kappa shape index (κ2) is 8.36. The summed E-state index contributed by atoms with van der Waals surface area (Å²) in [5.74, 6) is 1.36. The molecular formula is C19H24ClFN6O. The van der Waals surface area contributed by atoms with Crippen LogP contribution in [0.15, 0.2) is 36.4 Å². The number of aromatic amines is 1. The predicted molar refractivity (Wildman–Crippen MR) is 107 cm³/mol. The van der Waals surface area contributed by atoms with Crippen molar-refractivity contribution in [1.82, 2.24) is 20.1 Å². The van der Waals surface area contributed by atoms with Crippen molar-refractivity contribution in [2.24, 2.45) is 0 Å². The number of piperidine rings is 1. The van der Waals surface area contributed by atoms with Crippen molar-refractivity contribution in [2.45, 2.75) is 31.3 Å². The van der Waals surface area contributed by atoms with Gasteiger partial charge in [-0.05, 0) is 37.0 Å². The maximum absolute atomic E-state index is 13.1. The first-order valence-electron chi connectivity index (χ1n) is 9.47. The molecule has 3 heterocycles. The molecule has 1 atom stereocenters.